The Hall–Kier alpha value is -4.23. The van der Waals surface area contributed by atoms with Crippen LogP contribution in [-0.4, -0.2) is 102 Å². The first kappa shape index (κ1) is 37.1. The molecule has 0 radical (unpaired) electrons. The second-order valence-electron chi connectivity index (χ2n) is 15.4. The highest BCUT2D eigenvalue weighted by Gasteiger charge is 2.52. The maximum Gasteiger partial charge on any atom is 0.404 e. The molecule has 4 heterocycles. The van der Waals surface area contributed by atoms with Gasteiger partial charge in [0.1, 0.15) is 16.9 Å². The molecule has 13 heteroatoms. The zero-order chi connectivity index (χ0) is 37.3. The number of benzene rings is 2. The average molecular weight is 747 g/mol. The molecule has 3 atom stereocenters. The average Bonchev–Trinajstić information content (AvgIpc) is 3.77. The number of sulfone groups is 1. The van der Waals surface area contributed by atoms with Crippen LogP contribution in [0.3, 0.4) is 0 Å². The predicted molar refractivity (Wildman–Crippen MR) is 201 cm³/mol. The van der Waals surface area contributed by atoms with Crippen molar-refractivity contribution in [2.75, 3.05) is 50.7 Å². The van der Waals surface area contributed by atoms with Gasteiger partial charge in [-0.25, -0.2) is 22.6 Å². The minimum Gasteiger partial charge on any atom is -0.465 e. The summed E-state index contributed by atoms with van der Waals surface area (Å²) in [5, 5.41) is 12.1. The van der Waals surface area contributed by atoms with Crippen LogP contribution >= 0.6 is 0 Å². The van der Waals surface area contributed by atoms with E-state index in [0.29, 0.717) is 12.5 Å². The molecule has 2 N–H and O–H groups in total. The van der Waals surface area contributed by atoms with E-state index in [1.807, 2.05) is 30.6 Å². The van der Waals surface area contributed by atoms with Gasteiger partial charge in [0.25, 0.3) is 0 Å². The summed E-state index contributed by atoms with van der Waals surface area (Å²) in [4.78, 5) is 35.0. The molecule has 3 aromatic rings. The first-order valence-corrected chi connectivity index (χ1v) is 20.5. The number of carbonyl (C=O) groups excluding carboxylic acids is 1. The second-order valence-corrected chi connectivity index (χ2v) is 17.7. The minimum absolute atomic E-state index is 0.00972. The van der Waals surface area contributed by atoms with Crippen LogP contribution in [0.15, 0.2) is 78.5 Å². The summed E-state index contributed by atoms with van der Waals surface area (Å²) < 4.78 is 43.5. The lowest BCUT2D eigenvalue weighted by molar-refractivity contribution is -0.129. The standard InChI is InChI=1S/C40H51FN6O5S/c1-3-37-42-17-20-45(37)27-40(30-7-5-8-31(41)21-30,35-9-6-10-36(35)43-39(49)50)29-15-18-44(19-16-29)22-28-23-46(24-28)32-11-13-33(14-12-32)53(51,52)34-25-47(26-34)38(48)4-2/h4-5,7-8,11-14,17,20-21,28-29,34-36,43H,2-3,6,9-10,15-16,18-19,22-27H2,1H3,(H,49,50)/t35-,36-,40-/m0/s1. The number of aromatic nitrogens is 2. The highest BCUT2D eigenvalue weighted by atomic mass is 32.2. The van der Waals surface area contributed by atoms with Gasteiger partial charge < -0.3 is 29.7 Å². The van der Waals surface area contributed by atoms with E-state index >= 15 is 4.39 Å². The van der Waals surface area contributed by atoms with E-state index in [-0.39, 0.29) is 47.6 Å². The normalized spacial score (nSPS) is 22.9. The molecule has 2 aromatic carbocycles. The summed E-state index contributed by atoms with van der Waals surface area (Å²) in [6.07, 6.45) is 9.23. The summed E-state index contributed by atoms with van der Waals surface area (Å²) in [6.45, 7) is 11.2. The number of rotatable bonds is 13. The van der Waals surface area contributed by atoms with Crippen molar-refractivity contribution in [2.45, 2.75) is 73.6 Å². The minimum atomic E-state index is -3.51. The van der Waals surface area contributed by atoms with E-state index in [0.717, 1.165) is 88.3 Å². The molecule has 0 unspecified atom stereocenters. The van der Waals surface area contributed by atoms with Gasteiger partial charge in [0.2, 0.25) is 5.91 Å². The SMILES string of the molecule is C=CC(=O)N1CC(S(=O)(=O)c2ccc(N3CC(CN4CCC([C@@](Cn5ccnc5CC)(c5cccc(F)c5)[C@H]5CCC[C@@H]5NC(=O)O)CC4)C3)cc2)C1. The lowest BCUT2D eigenvalue weighted by atomic mass is 9.58. The number of imidazole rings is 1. The third kappa shape index (κ3) is 7.34. The molecular formula is C40H51FN6O5S. The van der Waals surface area contributed by atoms with Crippen LogP contribution in [-0.2, 0) is 33.0 Å². The molecule has 1 aliphatic carbocycles. The number of hydrogen-bond donors (Lipinski definition) is 2. The van der Waals surface area contributed by atoms with Crippen molar-refractivity contribution >= 4 is 27.5 Å². The predicted octanol–water partition coefficient (Wildman–Crippen LogP) is 4.98. The fourth-order valence-electron chi connectivity index (χ4n) is 9.73. The highest BCUT2D eigenvalue weighted by molar-refractivity contribution is 7.92. The Labute approximate surface area is 311 Å². The third-order valence-corrected chi connectivity index (χ3v) is 14.6. The number of amides is 2. The maximum atomic E-state index is 15.1. The zero-order valence-corrected chi connectivity index (χ0v) is 31.3. The lowest BCUT2D eigenvalue weighted by Gasteiger charge is -2.51. The molecule has 2 amide bonds. The van der Waals surface area contributed by atoms with Gasteiger partial charge in [-0.15, -0.1) is 0 Å². The molecule has 11 nitrogen and oxygen atoms in total. The Morgan fingerprint density at radius 3 is 2.45 bits per heavy atom. The summed E-state index contributed by atoms with van der Waals surface area (Å²) in [7, 11) is -3.51. The Morgan fingerprint density at radius 1 is 1.06 bits per heavy atom. The van der Waals surface area contributed by atoms with Crippen LogP contribution in [0.1, 0.15) is 50.4 Å². The van der Waals surface area contributed by atoms with Crippen molar-refractivity contribution in [3.05, 3.63) is 90.8 Å². The van der Waals surface area contributed by atoms with Gasteiger partial charge in [-0.1, -0.05) is 32.1 Å². The van der Waals surface area contributed by atoms with E-state index in [2.05, 4.69) is 38.2 Å². The molecule has 53 heavy (non-hydrogen) atoms. The topological polar surface area (TPSA) is 128 Å². The molecule has 3 aliphatic heterocycles. The Balaban J connectivity index is 1.02. The summed E-state index contributed by atoms with van der Waals surface area (Å²) in [5.41, 5.74) is 1.46. The Morgan fingerprint density at radius 2 is 1.79 bits per heavy atom. The molecule has 0 bridgehead atoms. The van der Waals surface area contributed by atoms with Crippen LogP contribution < -0.4 is 10.2 Å². The molecule has 4 fully saturated rings. The van der Waals surface area contributed by atoms with Gasteiger partial charge >= 0.3 is 6.09 Å². The molecule has 7 rings (SSSR count). The fraction of sp³-hybridized carbons (Fsp3) is 0.525. The van der Waals surface area contributed by atoms with Crippen molar-refractivity contribution in [1.82, 2.24) is 24.7 Å². The molecule has 1 saturated carbocycles. The largest absolute Gasteiger partial charge is 0.465 e. The fourth-order valence-corrected chi connectivity index (χ4v) is 11.4. The summed E-state index contributed by atoms with van der Waals surface area (Å²) >= 11 is 0. The molecular weight excluding hydrogens is 696 g/mol. The molecule has 284 valence electrons. The van der Waals surface area contributed by atoms with Crippen molar-refractivity contribution in [1.29, 1.82) is 0 Å². The van der Waals surface area contributed by atoms with Crippen LogP contribution in [0.2, 0.25) is 0 Å². The van der Waals surface area contributed by atoms with Gasteiger partial charge in [-0.2, -0.15) is 0 Å². The maximum absolute atomic E-state index is 15.1. The van der Waals surface area contributed by atoms with E-state index in [4.69, 9.17) is 0 Å². The number of aryl methyl sites for hydroxylation is 1. The van der Waals surface area contributed by atoms with E-state index in [1.54, 1.807) is 24.3 Å². The number of hydrogen-bond acceptors (Lipinski definition) is 7. The molecule has 0 spiro atoms. The summed E-state index contributed by atoms with van der Waals surface area (Å²) in [6, 6.07) is 13.9. The number of likely N-dealkylation sites (tertiary alicyclic amines) is 2. The molecule has 3 saturated heterocycles. The molecule has 4 aliphatic rings. The number of piperidine rings is 1. The number of halogens is 1. The van der Waals surface area contributed by atoms with E-state index in [1.165, 1.54) is 17.0 Å². The number of anilines is 1. The van der Waals surface area contributed by atoms with E-state index in [9.17, 15) is 23.1 Å². The Kier molecular flexibility index (Phi) is 10.7. The number of carbonyl (C=O) groups is 2. The number of carboxylic acid groups (broad SMARTS) is 1. The first-order valence-electron chi connectivity index (χ1n) is 19.0. The first-order chi connectivity index (χ1) is 25.5. The van der Waals surface area contributed by atoms with Crippen LogP contribution in [0, 0.1) is 23.6 Å². The monoisotopic (exact) mass is 746 g/mol. The smallest absolute Gasteiger partial charge is 0.404 e. The summed E-state index contributed by atoms with van der Waals surface area (Å²) in [5.74, 6) is 1.17. The Bertz CT molecular complexity index is 1900. The zero-order valence-electron chi connectivity index (χ0n) is 30.4. The van der Waals surface area contributed by atoms with Crippen molar-refractivity contribution < 1.29 is 27.5 Å². The van der Waals surface area contributed by atoms with Gasteiger partial charge in [-0.05, 0) is 98.6 Å². The quantitative estimate of drug-likeness (QED) is 0.235. The van der Waals surface area contributed by atoms with Crippen molar-refractivity contribution in [3.8, 4) is 0 Å². The van der Waals surface area contributed by atoms with Gasteiger partial charge in [0, 0.05) is 81.1 Å². The lowest BCUT2D eigenvalue weighted by Crippen LogP contribution is -2.56. The van der Waals surface area contributed by atoms with Crippen LogP contribution in [0.5, 0.6) is 0 Å². The van der Waals surface area contributed by atoms with Gasteiger partial charge in [0.05, 0.1) is 4.90 Å². The van der Waals surface area contributed by atoms with Gasteiger partial charge in [0.15, 0.2) is 9.84 Å². The highest BCUT2D eigenvalue weighted by Crippen LogP contribution is 2.52. The van der Waals surface area contributed by atoms with Crippen LogP contribution in [0.4, 0.5) is 14.9 Å². The van der Waals surface area contributed by atoms with Crippen molar-refractivity contribution in [2.24, 2.45) is 17.8 Å². The number of nitrogens with one attached hydrogen (secondary N) is 1. The van der Waals surface area contributed by atoms with Crippen molar-refractivity contribution in [3.63, 3.8) is 0 Å². The van der Waals surface area contributed by atoms with E-state index < -0.39 is 26.6 Å². The van der Waals surface area contributed by atoms with Crippen LogP contribution in [0.25, 0.3) is 0 Å². The number of nitrogens with zero attached hydrogens (tertiary/aromatic N) is 5. The van der Waals surface area contributed by atoms with Gasteiger partial charge in [-0.3, -0.25) is 4.79 Å². The molecule has 1 aromatic heterocycles. The third-order valence-electron chi connectivity index (χ3n) is 12.5. The second kappa shape index (κ2) is 15.3.